The Morgan fingerprint density at radius 3 is 2.95 bits per heavy atom. The molecule has 0 bridgehead atoms. The van der Waals surface area contributed by atoms with Crippen molar-refractivity contribution in [3.05, 3.63) is 29.5 Å². The molecule has 1 atom stereocenters. The van der Waals surface area contributed by atoms with Gasteiger partial charge in [0, 0.05) is 43.0 Å². The number of hydrogen-bond acceptors (Lipinski definition) is 2. The minimum Gasteiger partial charge on any atom is -0.497 e. The van der Waals surface area contributed by atoms with E-state index >= 15 is 0 Å². The summed E-state index contributed by atoms with van der Waals surface area (Å²) in [6.07, 6.45) is 4.66. The fourth-order valence-corrected chi connectivity index (χ4v) is 3.69. The molecule has 3 rings (SSSR count). The molecule has 0 spiro atoms. The lowest BCUT2D eigenvalue weighted by Crippen LogP contribution is -2.26. The number of nitrogens with zero attached hydrogens (tertiary/aromatic N) is 1. The molecule has 1 aromatic carbocycles. The first-order chi connectivity index (χ1) is 10.6. The van der Waals surface area contributed by atoms with Gasteiger partial charge in [-0.25, -0.2) is 0 Å². The number of carbonyl (C=O) groups excluding carboxylic acids is 1. The highest BCUT2D eigenvalue weighted by atomic mass is 16.5. The van der Waals surface area contributed by atoms with E-state index < -0.39 is 0 Å². The standard InChI is InChI=1S/C18H24N2O2/c1-12(21)19-11-13-6-4-5-7-17-18(13)15-10-14(22-3)8-9-16(15)20(17)2/h8-10,13H,4-7,11H2,1-3H3,(H,19,21). The van der Waals surface area contributed by atoms with Crippen LogP contribution < -0.4 is 10.1 Å². The van der Waals surface area contributed by atoms with Gasteiger partial charge in [-0.1, -0.05) is 6.42 Å². The number of fused-ring (bicyclic) bond motifs is 3. The average Bonchev–Trinajstić information content (AvgIpc) is 2.67. The fraction of sp³-hybridized carbons (Fsp3) is 0.500. The van der Waals surface area contributed by atoms with E-state index in [9.17, 15) is 4.79 Å². The highest BCUT2D eigenvalue weighted by molar-refractivity contribution is 5.87. The van der Waals surface area contributed by atoms with Gasteiger partial charge in [0.2, 0.25) is 5.91 Å². The maximum Gasteiger partial charge on any atom is 0.216 e. The number of carbonyl (C=O) groups is 1. The van der Waals surface area contributed by atoms with Crippen LogP contribution in [0.4, 0.5) is 0 Å². The second-order valence-electron chi connectivity index (χ2n) is 6.18. The zero-order valence-corrected chi connectivity index (χ0v) is 13.6. The van der Waals surface area contributed by atoms with Crippen LogP contribution in [-0.2, 0) is 18.3 Å². The Labute approximate surface area is 131 Å². The SMILES string of the molecule is COc1ccc2c(c1)c1c(n2C)CCCCC1CNC(C)=O. The summed E-state index contributed by atoms with van der Waals surface area (Å²) >= 11 is 0. The van der Waals surface area contributed by atoms with Crippen LogP contribution in [0.5, 0.6) is 5.75 Å². The predicted octanol–water partition coefficient (Wildman–Crippen LogP) is 3.13. The summed E-state index contributed by atoms with van der Waals surface area (Å²) in [5.41, 5.74) is 4.07. The fourth-order valence-electron chi connectivity index (χ4n) is 3.69. The molecule has 22 heavy (non-hydrogen) atoms. The molecule has 1 aromatic heterocycles. The highest BCUT2D eigenvalue weighted by Gasteiger charge is 2.25. The molecular weight excluding hydrogens is 276 g/mol. The lowest BCUT2D eigenvalue weighted by molar-refractivity contribution is -0.119. The molecule has 4 nitrogen and oxygen atoms in total. The monoisotopic (exact) mass is 300 g/mol. The number of amides is 1. The summed E-state index contributed by atoms with van der Waals surface area (Å²) in [6, 6.07) is 6.29. The van der Waals surface area contributed by atoms with Crippen molar-refractivity contribution < 1.29 is 9.53 Å². The number of benzene rings is 1. The molecule has 0 saturated heterocycles. The van der Waals surface area contributed by atoms with Gasteiger partial charge >= 0.3 is 0 Å². The Balaban J connectivity index is 2.12. The number of ether oxygens (including phenoxy) is 1. The predicted molar refractivity (Wildman–Crippen MR) is 88.5 cm³/mol. The zero-order chi connectivity index (χ0) is 15.7. The van der Waals surface area contributed by atoms with Crippen molar-refractivity contribution in [2.75, 3.05) is 13.7 Å². The summed E-state index contributed by atoms with van der Waals surface area (Å²) in [6.45, 7) is 2.31. The van der Waals surface area contributed by atoms with Gasteiger partial charge in [-0.3, -0.25) is 4.79 Å². The van der Waals surface area contributed by atoms with Gasteiger partial charge in [0.15, 0.2) is 0 Å². The van der Waals surface area contributed by atoms with Gasteiger partial charge in [0.05, 0.1) is 7.11 Å². The molecule has 1 unspecified atom stereocenters. The first kappa shape index (κ1) is 14.9. The number of methoxy groups -OCH3 is 1. The Morgan fingerprint density at radius 1 is 1.41 bits per heavy atom. The van der Waals surface area contributed by atoms with Crippen LogP contribution in [0, 0.1) is 0 Å². The molecule has 4 heteroatoms. The molecular formula is C18H24N2O2. The molecule has 1 amide bonds. The lowest BCUT2D eigenvalue weighted by atomic mass is 9.93. The molecule has 0 aliphatic heterocycles. The normalized spacial score (nSPS) is 17.9. The van der Waals surface area contributed by atoms with Crippen molar-refractivity contribution in [2.24, 2.45) is 7.05 Å². The largest absolute Gasteiger partial charge is 0.497 e. The second-order valence-corrected chi connectivity index (χ2v) is 6.18. The Kier molecular flexibility index (Phi) is 4.10. The van der Waals surface area contributed by atoms with Gasteiger partial charge in [-0.15, -0.1) is 0 Å². The molecule has 0 radical (unpaired) electrons. The molecule has 118 valence electrons. The average molecular weight is 300 g/mol. The summed E-state index contributed by atoms with van der Waals surface area (Å²) in [5.74, 6) is 1.32. The van der Waals surface area contributed by atoms with Crippen molar-refractivity contribution in [1.82, 2.24) is 9.88 Å². The summed E-state index contributed by atoms with van der Waals surface area (Å²) in [4.78, 5) is 11.3. The minimum atomic E-state index is 0.0450. The third-order valence-corrected chi connectivity index (χ3v) is 4.79. The molecule has 0 fully saturated rings. The van der Waals surface area contributed by atoms with E-state index in [4.69, 9.17) is 4.74 Å². The van der Waals surface area contributed by atoms with Gasteiger partial charge in [-0.05, 0) is 43.0 Å². The van der Waals surface area contributed by atoms with E-state index in [1.165, 1.54) is 35.0 Å². The third-order valence-electron chi connectivity index (χ3n) is 4.79. The Hall–Kier alpha value is -1.97. The maximum atomic E-state index is 11.3. The molecule has 1 aliphatic rings. The van der Waals surface area contributed by atoms with Crippen LogP contribution in [-0.4, -0.2) is 24.1 Å². The molecule has 1 heterocycles. The van der Waals surface area contributed by atoms with Crippen molar-refractivity contribution in [3.63, 3.8) is 0 Å². The van der Waals surface area contributed by atoms with Crippen molar-refractivity contribution >= 4 is 16.8 Å². The number of aromatic nitrogens is 1. The number of aryl methyl sites for hydroxylation is 1. The van der Waals surface area contributed by atoms with Crippen LogP contribution in [0.2, 0.25) is 0 Å². The summed E-state index contributed by atoms with van der Waals surface area (Å²) in [5, 5.41) is 4.28. The van der Waals surface area contributed by atoms with Crippen LogP contribution >= 0.6 is 0 Å². The van der Waals surface area contributed by atoms with Gasteiger partial charge in [-0.2, -0.15) is 0 Å². The van der Waals surface area contributed by atoms with E-state index in [-0.39, 0.29) is 5.91 Å². The van der Waals surface area contributed by atoms with Crippen molar-refractivity contribution in [3.8, 4) is 5.75 Å². The topological polar surface area (TPSA) is 43.3 Å². The van der Waals surface area contributed by atoms with Crippen molar-refractivity contribution in [1.29, 1.82) is 0 Å². The number of nitrogens with one attached hydrogen (secondary N) is 1. The lowest BCUT2D eigenvalue weighted by Gasteiger charge is -2.16. The van der Waals surface area contributed by atoms with E-state index in [1.54, 1.807) is 14.0 Å². The summed E-state index contributed by atoms with van der Waals surface area (Å²) in [7, 11) is 3.85. The van der Waals surface area contributed by atoms with Crippen molar-refractivity contribution in [2.45, 2.75) is 38.5 Å². The molecule has 0 saturated carbocycles. The first-order valence-electron chi connectivity index (χ1n) is 8.01. The number of hydrogen-bond donors (Lipinski definition) is 1. The maximum absolute atomic E-state index is 11.3. The number of rotatable bonds is 3. The smallest absolute Gasteiger partial charge is 0.216 e. The van der Waals surface area contributed by atoms with E-state index in [2.05, 4.69) is 29.1 Å². The van der Waals surface area contributed by atoms with Crippen LogP contribution in [0.15, 0.2) is 18.2 Å². The zero-order valence-electron chi connectivity index (χ0n) is 13.6. The quantitative estimate of drug-likeness (QED) is 0.885. The van der Waals surface area contributed by atoms with Gasteiger partial charge in [0.25, 0.3) is 0 Å². The van der Waals surface area contributed by atoms with Gasteiger partial charge in [0.1, 0.15) is 5.75 Å². The third kappa shape index (κ3) is 2.58. The Bertz CT molecular complexity index is 703. The Morgan fingerprint density at radius 2 is 2.23 bits per heavy atom. The van der Waals surface area contributed by atoms with Crippen LogP contribution in [0.3, 0.4) is 0 Å². The van der Waals surface area contributed by atoms with Gasteiger partial charge < -0.3 is 14.6 Å². The second kappa shape index (κ2) is 6.03. The van der Waals surface area contributed by atoms with Crippen LogP contribution in [0.25, 0.3) is 10.9 Å². The first-order valence-corrected chi connectivity index (χ1v) is 8.01. The minimum absolute atomic E-state index is 0.0450. The highest BCUT2D eigenvalue weighted by Crippen LogP contribution is 2.38. The molecule has 2 aromatic rings. The van der Waals surface area contributed by atoms with E-state index in [1.807, 2.05) is 6.07 Å². The van der Waals surface area contributed by atoms with E-state index in [0.717, 1.165) is 25.1 Å². The molecule has 1 N–H and O–H groups in total. The van der Waals surface area contributed by atoms with Crippen LogP contribution in [0.1, 0.15) is 43.4 Å². The van der Waals surface area contributed by atoms with E-state index in [0.29, 0.717) is 5.92 Å². The summed E-state index contributed by atoms with van der Waals surface area (Å²) < 4.78 is 7.72. The molecule has 1 aliphatic carbocycles.